The predicted octanol–water partition coefficient (Wildman–Crippen LogP) is 6.25. The first-order chi connectivity index (χ1) is 19.5. The fourth-order valence-corrected chi connectivity index (χ4v) is 3.98. The van der Waals surface area contributed by atoms with E-state index in [0.29, 0.717) is 22.6 Å². The molecule has 1 aliphatic heterocycles. The molecule has 196 valence electrons. The molecule has 0 saturated heterocycles. The van der Waals surface area contributed by atoms with Gasteiger partial charge in [-0.25, -0.2) is 0 Å². The van der Waals surface area contributed by atoms with Crippen molar-refractivity contribution in [1.29, 1.82) is 0 Å². The second-order valence-electron chi connectivity index (χ2n) is 8.73. The van der Waals surface area contributed by atoms with Crippen molar-refractivity contribution in [3.05, 3.63) is 137 Å². The Morgan fingerprint density at radius 2 is 1.15 bits per heavy atom. The average molecular weight is 529 g/mol. The van der Waals surface area contributed by atoms with E-state index >= 15 is 0 Å². The average Bonchev–Trinajstić information content (AvgIpc) is 2.98. The van der Waals surface area contributed by atoms with Crippen molar-refractivity contribution < 1.29 is 19.8 Å². The zero-order chi connectivity index (χ0) is 27.9. The standard InChI is InChI=1S/C32H24N4O4/c37-29-15-7-2-10-23(29)31(39)22-18-33-25-12-4-1-9-21(25)17-35-28(32(40)24-11-3-8-16-30(24)38)20-36-27-14-6-5-13-26(27)34-19-22/h1-20,33,36-38H/b22-18-,28-20+,34-19?,35-17?. The van der Waals surface area contributed by atoms with E-state index in [4.69, 9.17) is 0 Å². The van der Waals surface area contributed by atoms with Gasteiger partial charge in [0.2, 0.25) is 5.78 Å². The number of nitrogens with zero attached hydrogens (tertiary/aromatic N) is 2. The number of hydrogen-bond donors (Lipinski definition) is 4. The van der Waals surface area contributed by atoms with Crippen LogP contribution in [-0.4, -0.2) is 34.2 Å². The summed E-state index contributed by atoms with van der Waals surface area (Å²) in [7, 11) is 0. The highest BCUT2D eigenvalue weighted by Crippen LogP contribution is 2.27. The molecule has 0 bridgehead atoms. The van der Waals surface area contributed by atoms with Crippen LogP contribution >= 0.6 is 0 Å². The summed E-state index contributed by atoms with van der Waals surface area (Å²) in [4.78, 5) is 35.8. The van der Waals surface area contributed by atoms with Crippen LogP contribution in [0.1, 0.15) is 26.3 Å². The summed E-state index contributed by atoms with van der Waals surface area (Å²) in [6.07, 6.45) is 5.91. The lowest BCUT2D eigenvalue weighted by molar-refractivity contribution is 0.102. The number of hydrogen-bond acceptors (Lipinski definition) is 8. The van der Waals surface area contributed by atoms with Crippen LogP contribution in [-0.2, 0) is 0 Å². The van der Waals surface area contributed by atoms with Gasteiger partial charge < -0.3 is 20.8 Å². The highest BCUT2D eigenvalue weighted by molar-refractivity contribution is 6.22. The number of phenolic OH excluding ortho intramolecular Hbond substituents is 2. The molecule has 0 aliphatic carbocycles. The number of benzene rings is 4. The Kier molecular flexibility index (Phi) is 7.60. The Morgan fingerprint density at radius 3 is 1.88 bits per heavy atom. The van der Waals surface area contributed by atoms with Crippen LogP contribution in [0.25, 0.3) is 0 Å². The lowest BCUT2D eigenvalue weighted by Gasteiger charge is -2.11. The number of carbonyl (C=O) groups is 2. The van der Waals surface area contributed by atoms with Gasteiger partial charge in [-0.15, -0.1) is 0 Å². The van der Waals surface area contributed by atoms with Crippen LogP contribution in [0.3, 0.4) is 0 Å². The second-order valence-corrected chi connectivity index (χ2v) is 8.73. The van der Waals surface area contributed by atoms with Gasteiger partial charge >= 0.3 is 0 Å². The number of Topliss-reactive ketones (excluding diaryl/α,β-unsaturated/α-hetero) is 2. The minimum Gasteiger partial charge on any atom is -0.507 e. The zero-order valence-electron chi connectivity index (χ0n) is 21.2. The van der Waals surface area contributed by atoms with E-state index in [1.165, 1.54) is 43.0 Å². The highest BCUT2D eigenvalue weighted by Gasteiger charge is 2.17. The third kappa shape index (κ3) is 5.71. The number of fused-ring (bicyclic) bond motifs is 2. The molecular formula is C32H24N4O4. The number of nitrogens with one attached hydrogen (secondary N) is 2. The Balaban J connectivity index is 1.62. The first-order valence-corrected chi connectivity index (χ1v) is 12.4. The molecule has 0 radical (unpaired) electrons. The molecule has 0 unspecified atom stereocenters. The van der Waals surface area contributed by atoms with E-state index in [9.17, 15) is 19.8 Å². The molecule has 0 atom stereocenters. The van der Waals surface area contributed by atoms with E-state index in [1.54, 1.807) is 66.7 Å². The summed E-state index contributed by atoms with van der Waals surface area (Å²) in [5, 5.41) is 26.8. The minimum absolute atomic E-state index is 0.0538. The van der Waals surface area contributed by atoms with Crippen LogP contribution in [0, 0.1) is 0 Å². The molecule has 8 nitrogen and oxygen atoms in total. The number of carbonyl (C=O) groups excluding carboxylic acids is 2. The normalized spacial score (nSPS) is 15.5. The molecule has 40 heavy (non-hydrogen) atoms. The molecule has 0 spiro atoms. The van der Waals surface area contributed by atoms with Crippen LogP contribution in [0.4, 0.5) is 17.1 Å². The fourth-order valence-electron chi connectivity index (χ4n) is 3.98. The number of allylic oxidation sites excluding steroid dienone is 2. The summed E-state index contributed by atoms with van der Waals surface area (Å²) >= 11 is 0. The molecule has 4 aromatic rings. The second kappa shape index (κ2) is 11.7. The van der Waals surface area contributed by atoms with Gasteiger partial charge in [-0.05, 0) is 42.5 Å². The topological polar surface area (TPSA) is 123 Å². The Bertz CT molecular complexity index is 1590. The van der Waals surface area contributed by atoms with Crippen molar-refractivity contribution in [1.82, 2.24) is 0 Å². The van der Waals surface area contributed by atoms with Crippen molar-refractivity contribution in [3.63, 3.8) is 0 Å². The van der Waals surface area contributed by atoms with Gasteiger partial charge in [0.1, 0.15) is 17.2 Å². The molecule has 1 aliphatic rings. The lowest BCUT2D eigenvalue weighted by atomic mass is 10.0. The van der Waals surface area contributed by atoms with E-state index in [-0.39, 0.29) is 33.9 Å². The van der Waals surface area contributed by atoms with Gasteiger partial charge in [-0.3, -0.25) is 19.6 Å². The van der Waals surface area contributed by atoms with Crippen LogP contribution < -0.4 is 10.6 Å². The summed E-state index contributed by atoms with van der Waals surface area (Å²) in [6, 6.07) is 26.9. The number of ketones is 2. The van der Waals surface area contributed by atoms with E-state index < -0.39 is 11.6 Å². The highest BCUT2D eigenvalue weighted by atomic mass is 16.3. The molecule has 0 fully saturated rings. The van der Waals surface area contributed by atoms with E-state index in [0.717, 1.165) is 0 Å². The maximum Gasteiger partial charge on any atom is 0.216 e. The lowest BCUT2D eigenvalue weighted by Crippen LogP contribution is -2.08. The summed E-state index contributed by atoms with van der Waals surface area (Å²) in [5.74, 6) is -1.19. The summed E-state index contributed by atoms with van der Waals surface area (Å²) in [5.41, 5.74) is 2.80. The Morgan fingerprint density at radius 1 is 0.575 bits per heavy atom. The van der Waals surface area contributed by atoms with Crippen LogP contribution in [0.2, 0.25) is 0 Å². The van der Waals surface area contributed by atoms with Gasteiger partial charge in [0, 0.05) is 36.1 Å². The summed E-state index contributed by atoms with van der Waals surface area (Å²) in [6.45, 7) is 0. The van der Waals surface area contributed by atoms with Crippen molar-refractivity contribution in [2.24, 2.45) is 9.98 Å². The maximum atomic E-state index is 13.4. The number of rotatable bonds is 4. The van der Waals surface area contributed by atoms with Gasteiger partial charge in [-0.2, -0.15) is 0 Å². The smallest absolute Gasteiger partial charge is 0.216 e. The molecular weight excluding hydrogens is 504 g/mol. The van der Waals surface area contributed by atoms with E-state index in [2.05, 4.69) is 20.6 Å². The first-order valence-electron chi connectivity index (χ1n) is 12.4. The van der Waals surface area contributed by atoms with Gasteiger partial charge in [0.05, 0.1) is 28.1 Å². The number of aromatic hydroxyl groups is 2. The minimum atomic E-state index is -0.476. The molecule has 0 saturated carbocycles. The van der Waals surface area contributed by atoms with Gasteiger partial charge in [0.25, 0.3) is 0 Å². The number of phenols is 2. The van der Waals surface area contributed by atoms with Gasteiger partial charge in [-0.1, -0.05) is 54.6 Å². The third-order valence-corrected chi connectivity index (χ3v) is 6.09. The SMILES string of the molecule is O=C(/C1=C\Nc2ccccc2C=N/C(C(=O)c2ccccc2O)=C/Nc2ccccc2N=C1)c1ccccc1O. The molecule has 8 heteroatoms. The quantitative estimate of drug-likeness (QED) is 0.232. The Hall–Kier alpha value is -5.76. The zero-order valence-corrected chi connectivity index (χ0v) is 21.2. The van der Waals surface area contributed by atoms with Crippen molar-refractivity contribution in [2.75, 3.05) is 10.6 Å². The largest absolute Gasteiger partial charge is 0.507 e. The van der Waals surface area contributed by atoms with E-state index in [1.807, 2.05) is 12.1 Å². The number of anilines is 2. The fraction of sp³-hybridized carbons (Fsp3) is 0. The number of aliphatic imine (C=N–C) groups is 2. The molecule has 0 aromatic heterocycles. The van der Waals surface area contributed by atoms with Crippen molar-refractivity contribution in [3.8, 4) is 11.5 Å². The molecule has 0 amide bonds. The number of para-hydroxylation sites is 5. The molecule has 4 aromatic carbocycles. The Labute approximate surface area is 230 Å². The molecule has 1 heterocycles. The first kappa shape index (κ1) is 25.9. The third-order valence-electron chi connectivity index (χ3n) is 6.09. The van der Waals surface area contributed by atoms with Crippen LogP contribution in [0.5, 0.6) is 11.5 Å². The van der Waals surface area contributed by atoms with Gasteiger partial charge in [0.15, 0.2) is 5.78 Å². The maximum absolute atomic E-state index is 13.4. The van der Waals surface area contributed by atoms with Crippen LogP contribution in [0.15, 0.2) is 131 Å². The molecule has 4 N–H and O–H groups in total. The van der Waals surface area contributed by atoms with Crippen molar-refractivity contribution >= 4 is 41.1 Å². The summed E-state index contributed by atoms with van der Waals surface area (Å²) < 4.78 is 0. The van der Waals surface area contributed by atoms with Crippen molar-refractivity contribution in [2.45, 2.75) is 0 Å². The monoisotopic (exact) mass is 528 g/mol. The predicted molar refractivity (Wildman–Crippen MR) is 157 cm³/mol. The molecule has 5 rings (SSSR count).